The molecule has 0 radical (unpaired) electrons. The molecule has 4 rings (SSSR count). The van der Waals surface area contributed by atoms with Crippen molar-refractivity contribution in [2.45, 2.75) is 19.5 Å². The van der Waals surface area contributed by atoms with Crippen LogP contribution in [0.15, 0.2) is 42.5 Å². The summed E-state index contributed by atoms with van der Waals surface area (Å²) in [5, 5.41) is 2.41. The quantitative estimate of drug-likeness (QED) is 0.683. The number of halogens is 3. The van der Waals surface area contributed by atoms with Gasteiger partial charge in [0.2, 0.25) is 11.8 Å². The average molecular weight is 477 g/mol. The lowest BCUT2D eigenvalue weighted by molar-refractivity contribution is -0.137. The van der Waals surface area contributed by atoms with E-state index in [-0.39, 0.29) is 24.6 Å². The first-order valence-corrected chi connectivity index (χ1v) is 11.1. The number of morpholine rings is 1. The molecule has 2 heterocycles. The maximum absolute atomic E-state index is 13.8. The highest BCUT2D eigenvalue weighted by Gasteiger charge is 2.39. The smallest absolute Gasteiger partial charge is 0.418 e. The number of benzene rings is 2. The van der Waals surface area contributed by atoms with Crippen LogP contribution in [0.25, 0.3) is 0 Å². The van der Waals surface area contributed by atoms with Gasteiger partial charge in [-0.25, -0.2) is 0 Å². The molecule has 2 aliphatic rings. The van der Waals surface area contributed by atoms with Gasteiger partial charge in [-0.3, -0.25) is 9.59 Å². The molecule has 2 aromatic carbocycles. The highest BCUT2D eigenvalue weighted by atomic mass is 19.4. The van der Waals surface area contributed by atoms with Gasteiger partial charge in [-0.2, -0.15) is 13.2 Å². The van der Waals surface area contributed by atoms with E-state index < -0.39 is 23.6 Å². The Kier molecular flexibility index (Phi) is 6.97. The molecule has 34 heavy (non-hydrogen) atoms. The van der Waals surface area contributed by atoms with Crippen molar-refractivity contribution < 1.29 is 32.2 Å². The molecule has 0 saturated carbocycles. The molecule has 1 atom stereocenters. The summed E-state index contributed by atoms with van der Waals surface area (Å²) in [4.78, 5) is 28.8. The van der Waals surface area contributed by atoms with Gasteiger partial charge in [0.05, 0.1) is 42.7 Å². The minimum absolute atomic E-state index is 0.0575. The number of nitrogens with zero attached hydrogens (tertiary/aromatic N) is 2. The minimum atomic E-state index is -4.65. The Hall–Kier alpha value is -3.27. The van der Waals surface area contributed by atoms with Crippen LogP contribution in [0, 0.1) is 5.92 Å². The van der Waals surface area contributed by atoms with Gasteiger partial charge in [-0.1, -0.05) is 12.1 Å². The Labute approximate surface area is 195 Å². The van der Waals surface area contributed by atoms with Crippen molar-refractivity contribution in [2.75, 3.05) is 54.6 Å². The fraction of sp³-hybridized carbons (Fsp3) is 0.417. The molecule has 7 nitrogen and oxygen atoms in total. The molecule has 10 heteroatoms. The van der Waals surface area contributed by atoms with Crippen molar-refractivity contribution in [3.8, 4) is 5.75 Å². The number of carbonyl (C=O) groups excluding carboxylic acids is 2. The highest BCUT2D eigenvalue weighted by molar-refractivity contribution is 6.04. The van der Waals surface area contributed by atoms with Crippen LogP contribution in [0.3, 0.4) is 0 Å². The van der Waals surface area contributed by atoms with Gasteiger partial charge < -0.3 is 24.6 Å². The van der Waals surface area contributed by atoms with Crippen molar-refractivity contribution in [3.63, 3.8) is 0 Å². The fourth-order valence-corrected chi connectivity index (χ4v) is 4.20. The maximum atomic E-state index is 13.8. The Morgan fingerprint density at radius 3 is 2.62 bits per heavy atom. The zero-order valence-electron chi connectivity index (χ0n) is 18.7. The summed E-state index contributed by atoms with van der Waals surface area (Å²) in [6.45, 7) is 4.16. The molecule has 2 fully saturated rings. The standard InChI is InChI=1S/C24H26F3N3O4/c1-2-34-21-6-4-3-5-20(21)30-15-16(13-22(30)31)23(32)28-19-8-7-17(14-18(19)24(25,26)27)29-9-11-33-12-10-29/h3-8,14,16H,2,9-13,15H2,1H3,(H,28,32). The topological polar surface area (TPSA) is 71.1 Å². The molecule has 0 aliphatic carbocycles. The van der Waals surface area contributed by atoms with E-state index in [1.54, 1.807) is 30.3 Å². The molecule has 0 aromatic heterocycles. The van der Waals surface area contributed by atoms with Crippen LogP contribution in [0.2, 0.25) is 0 Å². The van der Waals surface area contributed by atoms with Crippen LogP contribution in [0.4, 0.5) is 30.2 Å². The number of nitrogens with one attached hydrogen (secondary N) is 1. The normalized spacial score (nSPS) is 18.8. The van der Waals surface area contributed by atoms with Gasteiger partial charge in [0.25, 0.3) is 0 Å². The fourth-order valence-electron chi connectivity index (χ4n) is 4.20. The number of rotatable bonds is 6. The second-order valence-corrected chi connectivity index (χ2v) is 8.12. The number of carbonyl (C=O) groups is 2. The Balaban J connectivity index is 1.52. The third kappa shape index (κ3) is 5.11. The number of anilines is 3. The predicted molar refractivity (Wildman–Crippen MR) is 121 cm³/mol. The number of ether oxygens (including phenoxy) is 2. The largest absolute Gasteiger partial charge is 0.492 e. The first kappa shape index (κ1) is 23.9. The Morgan fingerprint density at radius 1 is 1.18 bits per heavy atom. The summed E-state index contributed by atoms with van der Waals surface area (Å²) in [5.74, 6) is -1.19. The zero-order chi connectivity index (χ0) is 24.3. The lowest BCUT2D eigenvalue weighted by Gasteiger charge is -2.29. The van der Waals surface area contributed by atoms with Crippen LogP contribution in [0.1, 0.15) is 18.9 Å². The summed E-state index contributed by atoms with van der Waals surface area (Å²) >= 11 is 0. The SMILES string of the molecule is CCOc1ccccc1N1CC(C(=O)Nc2ccc(N3CCOCC3)cc2C(F)(F)F)CC1=O. The van der Waals surface area contributed by atoms with E-state index in [2.05, 4.69) is 5.32 Å². The summed E-state index contributed by atoms with van der Waals surface area (Å²) in [7, 11) is 0. The molecule has 1 N–H and O–H groups in total. The second kappa shape index (κ2) is 9.92. The summed E-state index contributed by atoms with van der Waals surface area (Å²) < 4.78 is 52.3. The number of alkyl halides is 3. The predicted octanol–water partition coefficient (Wildman–Crippen LogP) is 3.93. The van der Waals surface area contributed by atoms with E-state index in [0.717, 1.165) is 6.07 Å². The van der Waals surface area contributed by atoms with E-state index in [9.17, 15) is 22.8 Å². The van der Waals surface area contributed by atoms with E-state index in [0.29, 0.717) is 50.0 Å². The van der Waals surface area contributed by atoms with Crippen molar-refractivity contribution >= 4 is 28.9 Å². The lowest BCUT2D eigenvalue weighted by atomic mass is 10.1. The van der Waals surface area contributed by atoms with Crippen LogP contribution in [0.5, 0.6) is 5.75 Å². The molecule has 182 valence electrons. The van der Waals surface area contributed by atoms with E-state index in [1.807, 2.05) is 11.8 Å². The maximum Gasteiger partial charge on any atom is 0.418 e. The number of hydrogen-bond acceptors (Lipinski definition) is 5. The highest BCUT2D eigenvalue weighted by Crippen LogP contribution is 2.38. The van der Waals surface area contributed by atoms with E-state index in [1.165, 1.54) is 11.0 Å². The van der Waals surface area contributed by atoms with E-state index >= 15 is 0 Å². The molecule has 0 bridgehead atoms. The van der Waals surface area contributed by atoms with Gasteiger partial charge in [-0.05, 0) is 37.3 Å². The number of amides is 2. The third-order valence-corrected chi connectivity index (χ3v) is 5.89. The Morgan fingerprint density at radius 2 is 1.91 bits per heavy atom. The van der Waals surface area contributed by atoms with Gasteiger partial charge in [0.1, 0.15) is 5.75 Å². The molecule has 2 aromatic rings. The second-order valence-electron chi connectivity index (χ2n) is 8.12. The van der Waals surface area contributed by atoms with Gasteiger partial charge in [0.15, 0.2) is 0 Å². The lowest BCUT2D eigenvalue weighted by Crippen LogP contribution is -2.36. The van der Waals surface area contributed by atoms with E-state index in [4.69, 9.17) is 9.47 Å². The van der Waals surface area contributed by atoms with Crippen LogP contribution < -0.4 is 19.9 Å². The van der Waals surface area contributed by atoms with Gasteiger partial charge in [0, 0.05) is 31.7 Å². The minimum Gasteiger partial charge on any atom is -0.492 e. The molecule has 0 spiro atoms. The van der Waals surface area contributed by atoms with Crippen molar-refractivity contribution in [1.29, 1.82) is 0 Å². The molecule has 2 aliphatic heterocycles. The van der Waals surface area contributed by atoms with Crippen LogP contribution in [-0.4, -0.2) is 51.3 Å². The van der Waals surface area contributed by atoms with Crippen molar-refractivity contribution in [3.05, 3.63) is 48.0 Å². The molecular weight excluding hydrogens is 451 g/mol. The monoisotopic (exact) mass is 477 g/mol. The average Bonchev–Trinajstić information content (AvgIpc) is 3.21. The van der Waals surface area contributed by atoms with Gasteiger partial charge >= 0.3 is 6.18 Å². The molecule has 2 amide bonds. The van der Waals surface area contributed by atoms with Crippen LogP contribution in [-0.2, 0) is 20.5 Å². The number of para-hydroxylation sites is 2. The first-order valence-electron chi connectivity index (χ1n) is 11.1. The van der Waals surface area contributed by atoms with Crippen LogP contribution >= 0.6 is 0 Å². The Bertz CT molecular complexity index is 1050. The summed E-state index contributed by atoms with van der Waals surface area (Å²) in [5.41, 5.74) is -0.290. The summed E-state index contributed by atoms with van der Waals surface area (Å²) in [6.07, 6.45) is -4.75. The van der Waals surface area contributed by atoms with Gasteiger partial charge in [-0.15, -0.1) is 0 Å². The molecule has 1 unspecified atom stereocenters. The first-order chi connectivity index (χ1) is 16.3. The third-order valence-electron chi connectivity index (χ3n) is 5.89. The zero-order valence-corrected chi connectivity index (χ0v) is 18.7. The molecular formula is C24H26F3N3O4. The van der Waals surface area contributed by atoms with Crippen molar-refractivity contribution in [2.24, 2.45) is 5.92 Å². The number of hydrogen-bond donors (Lipinski definition) is 1. The van der Waals surface area contributed by atoms with Crippen molar-refractivity contribution in [1.82, 2.24) is 0 Å². The summed E-state index contributed by atoms with van der Waals surface area (Å²) in [6, 6.07) is 10.8. The molecule has 2 saturated heterocycles.